The average molecular weight is 547 g/mol. The van der Waals surface area contributed by atoms with Crippen molar-refractivity contribution in [3.05, 3.63) is 53.6 Å². The molecule has 0 amide bonds. The third-order valence-corrected chi connectivity index (χ3v) is 6.89. The quantitative estimate of drug-likeness (QED) is 0.299. The molecule has 1 aromatic carbocycles. The Labute approximate surface area is 229 Å². The molecule has 1 aromatic heterocycles. The lowest BCUT2D eigenvalue weighted by molar-refractivity contribution is -0.170. The van der Waals surface area contributed by atoms with Gasteiger partial charge in [0.05, 0.1) is 24.9 Å². The standard InChI is InChI=1S/C22H34N4.C6H8O7/c1-17-9-7-8-10-18(17)14-26(15-20-13-23-16-25(20)6)19-11-21(2,3)24-22(4,5)12-19;7-3(8)1-6(13,5(11)12)2-4(9)10/h7-10,13,16,19,24H,11-12,14-15H2,1-6H3;13H,1-2H2,(H,7,8)(H,9,10)(H,11,12). The number of carbonyl (C=O) groups is 3. The minimum absolute atomic E-state index is 0.142. The normalized spacial score (nSPS) is 16.8. The zero-order valence-electron chi connectivity index (χ0n) is 23.6. The molecule has 11 nitrogen and oxygen atoms in total. The molecule has 1 fully saturated rings. The summed E-state index contributed by atoms with van der Waals surface area (Å²) in [5.74, 6) is -5.02. The van der Waals surface area contributed by atoms with E-state index in [-0.39, 0.29) is 11.1 Å². The first-order chi connectivity index (χ1) is 17.9. The molecule has 1 saturated heterocycles. The maximum absolute atomic E-state index is 10.3. The number of aryl methyl sites for hydroxylation is 2. The molecule has 39 heavy (non-hydrogen) atoms. The number of aliphatic hydroxyl groups is 1. The summed E-state index contributed by atoms with van der Waals surface area (Å²) in [6, 6.07) is 9.30. The van der Waals surface area contributed by atoms with Crippen LogP contribution in [0.5, 0.6) is 0 Å². The molecule has 0 unspecified atom stereocenters. The fourth-order valence-corrected chi connectivity index (χ4v) is 5.31. The Morgan fingerprint density at radius 2 is 1.56 bits per heavy atom. The molecule has 2 heterocycles. The third-order valence-electron chi connectivity index (χ3n) is 6.89. The highest BCUT2D eigenvalue weighted by Crippen LogP contribution is 2.33. The molecular weight excluding hydrogens is 504 g/mol. The van der Waals surface area contributed by atoms with Crippen molar-refractivity contribution in [1.82, 2.24) is 19.8 Å². The van der Waals surface area contributed by atoms with E-state index in [1.165, 1.54) is 16.8 Å². The van der Waals surface area contributed by atoms with Gasteiger partial charge in [0, 0.05) is 43.5 Å². The van der Waals surface area contributed by atoms with Crippen molar-refractivity contribution in [2.45, 2.75) is 96.1 Å². The Morgan fingerprint density at radius 3 is 2.00 bits per heavy atom. The SMILES string of the molecule is Cc1ccccc1CN(Cc1cncn1C)C1CC(C)(C)NC(C)(C)C1.O=C(O)CC(O)(CC(=O)O)C(=O)O. The lowest BCUT2D eigenvalue weighted by Crippen LogP contribution is -2.62. The molecule has 11 heteroatoms. The molecule has 1 aliphatic rings. The molecule has 0 atom stereocenters. The number of nitrogens with one attached hydrogen (secondary N) is 1. The largest absolute Gasteiger partial charge is 0.481 e. The van der Waals surface area contributed by atoms with Gasteiger partial charge in [-0.25, -0.2) is 9.78 Å². The lowest BCUT2D eigenvalue weighted by Gasteiger charge is -2.49. The number of hydrogen-bond acceptors (Lipinski definition) is 7. The number of benzene rings is 1. The van der Waals surface area contributed by atoms with E-state index < -0.39 is 36.4 Å². The van der Waals surface area contributed by atoms with Gasteiger partial charge in [-0.05, 0) is 58.6 Å². The van der Waals surface area contributed by atoms with E-state index in [4.69, 9.17) is 20.4 Å². The summed E-state index contributed by atoms with van der Waals surface area (Å²) >= 11 is 0. The maximum Gasteiger partial charge on any atom is 0.336 e. The van der Waals surface area contributed by atoms with Crippen molar-refractivity contribution < 1.29 is 34.8 Å². The van der Waals surface area contributed by atoms with Crippen LogP contribution in [0, 0.1) is 6.92 Å². The number of carboxylic acids is 3. The van der Waals surface area contributed by atoms with Gasteiger partial charge < -0.3 is 30.3 Å². The van der Waals surface area contributed by atoms with Crippen LogP contribution in [0.3, 0.4) is 0 Å². The monoisotopic (exact) mass is 546 g/mol. The number of piperidine rings is 1. The summed E-state index contributed by atoms with van der Waals surface area (Å²) in [5, 5.41) is 37.6. The van der Waals surface area contributed by atoms with Gasteiger partial charge in [-0.1, -0.05) is 24.3 Å². The second-order valence-corrected chi connectivity index (χ2v) is 11.8. The van der Waals surface area contributed by atoms with Crippen molar-refractivity contribution in [3.63, 3.8) is 0 Å². The highest BCUT2D eigenvalue weighted by molar-refractivity contribution is 5.88. The van der Waals surface area contributed by atoms with Crippen LogP contribution in [-0.4, -0.2) is 75.5 Å². The highest BCUT2D eigenvalue weighted by atomic mass is 16.4. The maximum atomic E-state index is 10.3. The molecule has 0 saturated carbocycles. The topological polar surface area (TPSA) is 165 Å². The number of hydrogen-bond donors (Lipinski definition) is 5. The first-order valence-electron chi connectivity index (χ1n) is 12.9. The van der Waals surface area contributed by atoms with E-state index >= 15 is 0 Å². The molecule has 0 spiro atoms. The van der Waals surface area contributed by atoms with Crippen LogP contribution in [0.4, 0.5) is 0 Å². The molecule has 2 aromatic rings. The Bertz CT molecular complexity index is 1130. The van der Waals surface area contributed by atoms with E-state index in [9.17, 15) is 14.4 Å². The van der Waals surface area contributed by atoms with E-state index in [1.807, 2.05) is 12.5 Å². The summed E-state index contributed by atoms with van der Waals surface area (Å²) in [4.78, 5) is 37.5. The summed E-state index contributed by atoms with van der Waals surface area (Å²) in [7, 11) is 2.09. The van der Waals surface area contributed by atoms with Gasteiger partial charge in [-0.2, -0.15) is 0 Å². The first kappa shape index (κ1) is 31.9. The molecule has 5 N–H and O–H groups in total. The second-order valence-electron chi connectivity index (χ2n) is 11.8. The number of carboxylic acid groups (broad SMARTS) is 3. The molecule has 1 aliphatic heterocycles. The summed E-state index contributed by atoms with van der Waals surface area (Å²) in [6.45, 7) is 13.5. The van der Waals surface area contributed by atoms with Gasteiger partial charge in [-0.3, -0.25) is 14.5 Å². The summed E-state index contributed by atoms with van der Waals surface area (Å²) < 4.78 is 2.14. The zero-order valence-corrected chi connectivity index (χ0v) is 23.6. The van der Waals surface area contributed by atoms with Crippen LogP contribution in [0.25, 0.3) is 0 Å². The summed E-state index contributed by atoms with van der Waals surface area (Å²) in [6.07, 6.45) is 3.92. The molecular formula is C28H42N4O7. The van der Waals surface area contributed by atoms with Crippen LogP contribution in [-0.2, 0) is 34.5 Å². The van der Waals surface area contributed by atoms with E-state index in [0.29, 0.717) is 6.04 Å². The average Bonchev–Trinajstić information content (AvgIpc) is 3.16. The Balaban J connectivity index is 0.000000349. The van der Waals surface area contributed by atoms with Crippen LogP contribution in [0.2, 0.25) is 0 Å². The predicted octanol–water partition coefficient (Wildman–Crippen LogP) is 2.79. The minimum atomic E-state index is -2.74. The van der Waals surface area contributed by atoms with Crippen LogP contribution in [0.15, 0.2) is 36.8 Å². The Morgan fingerprint density at radius 1 is 1.03 bits per heavy atom. The first-order valence-corrected chi connectivity index (χ1v) is 12.9. The van der Waals surface area contributed by atoms with Crippen molar-refractivity contribution in [1.29, 1.82) is 0 Å². The van der Waals surface area contributed by atoms with Crippen molar-refractivity contribution in [2.75, 3.05) is 0 Å². The molecule has 216 valence electrons. The van der Waals surface area contributed by atoms with Crippen LogP contribution in [0.1, 0.15) is 70.2 Å². The van der Waals surface area contributed by atoms with Crippen LogP contribution < -0.4 is 5.32 Å². The van der Waals surface area contributed by atoms with Crippen molar-refractivity contribution in [2.24, 2.45) is 7.05 Å². The number of rotatable bonds is 10. The van der Waals surface area contributed by atoms with Crippen molar-refractivity contribution >= 4 is 17.9 Å². The number of imidazole rings is 1. The van der Waals surface area contributed by atoms with Gasteiger partial charge in [0.25, 0.3) is 0 Å². The smallest absolute Gasteiger partial charge is 0.336 e. The minimum Gasteiger partial charge on any atom is -0.481 e. The van der Waals surface area contributed by atoms with Gasteiger partial charge in [-0.15, -0.1) is 0 Å². The van der Waals surface area contributed by atoms with Gasteiger partial charge >= 0.3 is 17.9 Å². The highest BCUT2D eigenvalue weighted by Gasteiger charge is 2.41. The summed E-state index contributed by atoms with van der Waals surface area (Å²) in [5.41, 5.74) is 1.61. The lowest BCUT2D eigenvalue weighted by atomic mass is 9.79. The van der Waals surface area contributed by atoms with E-state index in [2.05, 4.69) is 85.7 Å². The van der Waals surface area contributed by atoms with Gasteiger partial charge in [0.2, 0.25) is 0 Å². The fourth-order valence-electron chi connectivity index (χ4n) is 5.31. The Kier molecular flexibility index (Phi) is 10.4. The molecule has 0 radical (unpaired) electrons. The fraction of sp³-hybridized carbons (Fsp3) is 0.571. The molecule has 0 aliphatic carbocycles. The Hall–Kier alpha value is -3.28. The van der Waals surface area contributed by atoms with E-state index in [0.717, 1.165) is 25.9 Å². The third kappa shape index (κ3) is 9.76. The van der Waals surface area contributed by atoms with E-state index in [1.54, 1.807) is 0 Å². The van der Waals surface area contributed by atoms with Crippen molar-refractivity contribution in [3.8, 4) is 0 Å². The van der Waals surface area contributed by atoms with Gasteiger partial charge in [0.1, 0.15) is 0 Å². The van der Waals surface area contributed by atoms with Crippen LogP contribution >= 0.6 is 0 Å². The molecule has 0 bridgehead atoms. The zero-order chi connectivity index (χ0) is 29.6. The predicted molar refractivity (Wildman–Crippen MR) is 145 cm³/mol. The second kappa shape index (κ2) is 12.7. The van der Waals surface area contributed by atoms with Gasteiger partial charge in [0.15, 0.2) is 5.60 Å². The number of aliphatic carboxylic acids is 3. The molecule has 3 rings (SSSR count). The number of nitrogens with zero attached hydrogens (tertiary/aromatic N) is 3. The number of aromatic nitrogens is 2.